The Kier molecular flexibility index (Phi) is 7.30. The van der Waals surface area contributed by atoms with Crippen LogP contribution in [0, 0.1) is 0 Å². The topological polar surface area (TPSA) is 49.3 Å². The Morgan fingerprint density at radius 1 is 1.38 bits per heavy atom. The highest BCUT2D eigenvalue weighted by Crippen LogP contribution is 1.93. The van der Waals surface area contributed by atoms with Gasteiger partial charge >= 0.3 is 5.97 Å². The fourth-order valence-electron chi connectivity index (χ4n) is 0.905. The maximum atomic E-state index is 10.1. The number of allylic oxidation sites excluding steroid dienone is 1. The molecule has 0 radical (unpaired) electrons. The molecular formula is C10H19NO2. The number of carbonyl (C=O) groups is 1. The Morgan fingerprint density at radius 3 is 2.62 bits per heavy atom. The van der Waals surface area contributed by atoms with Crippen LogP contribution in [0.3, 0.4) is 0 Å². The standard InChI is InChI=1S/C10H19NO2/c1-9(2)6-8-11-7-4-3-5-10(12)13/h6,11H,3-5,7-8H2,1-2H3,(H,12,13). The van der Waals surface area contributed by atoms with E-state index in [9.17, 15) is 4.79 Å². The Balaban J connectivity index is 3.09. The number of hydrogen-bond acceptors (Lipinski definition) is 2. The number of nitrogens with one attached hydrogen (secondary N) is 1. The molecule has 0 bridgehead atoms. The van der Waals surface area contributed by atoms with Crippen molar-refractivity contribution in [1.29, 1.82) is 0 Å². The van der Waals surface area contributed by atoms with Crippen LogP contribution < -0.4 is 5.32 Å². The summed E-state index contributed by atoms with van der Waals surface area (Å²) in [6, 6.07) is 0. The zero-order valence-electron chi connectivity index (χ0n) is 8.47. The first-order chi connectivity index (χ1) is 6.13. The van der Waals surface area contributed by atoms with Crippen molar-refractivity contribution in [3.05, 3.63) is 11.6 Å². The van der Waals surface area contributed by atoms with E-state index in [1.54, 1.807) is 0 Å². The zero-order valence-corrected chi connectivity index (χ0v) is 8.47. The van der Waals surface area contributed by atoms with Gasteiger partial charge in [-0.3, -0.25) is 4.79 Å². The van der Waals surface area contributed by atoms with E-state index < -0.39 is 5.97 Å². The van der Waals surface area contributed by atoms with Gasteiger partial charge < -0.3 is 10.4 Å². The molecule has 0 heterocycles. The molecule has 3 nitrogen and oxygen atoms in total. The van der Waals surface area contributed by atoms with Gasteiger partial charge in [-0.15, -0.1) is 0 Å². The van der Waals surface area contributed by atoms with Crippen LogP contribution in [0.15, 0.2) is 11.6 Å². The van der Waals surface area contributed by atoms with E-state index in [2.05, 4.69) is 25.2 Å². The molecule has 3 heteroatoms. The minimum absolute atomic E-state index is 0.282. The minimum atomic E-state index is -0.704. The summed E-state index contributed by atoms with van der Waals surface area (Å²) in [5.74, 6) is -0.704. The summed E-state index contributed by atoms with van der Waals surface area (Å²) in [7, 11) is 0. The first kappa shape index (κ1) is 12.2. The summed E-state index contributed by atoms with van der Waals surface area (Å²) in [4.78, 5) is 10.1. The molecule has 0 aliphatic heterocycles. The average Bonchev–Trinajstić information content (AvgIpc) is 2.01. The van der Waals surface area contributed by atoms with Crippen LogP contribution in [0.1, 0.15) is 33.1 Å². The normalized spacial score (nSPS) is 9.69. The molecular weight excluding hydrogens is 166 g/mol. The summed E-state index contributed by atoms with van der Waals surface area (Å²) >= 11 is 0. The smallest absolute Gasteiger partial charge is 0.303 e. The fraction of sp³-hybridized carbons (Fsp3) is 0.700. The van der Waals surface area contributed by atoms with Gasteiger partial charge in [-0.2, -0.15) is 0 Å². The third kappa shape index (κ3) is 11.2. The SMILES string of the molecule is CC(C)=CCNCCCCC(=O)O. The molecule has 0 atom stereocenters. The Bertz CT molecular complexity index is 172. The van der Waals surface area contributed by atoms with Gasteiger partial charge in [0.2, 0.25) is 0 Å². The zero-order chi connectivity index (χ0) is 10.1. The van der Waals surface area contributed by atoms with Gasteiger partial charge in [-0.25, -0.2) is 0 Å². The van der Waals surface area contributed by atoms with Gasteiger partial charge in [-0.1, -0.05) is 11.6 Å². The first-order valence-electron chi connectivity index (χ1n) is 4.69. The lowest BCUT2D eigenvalue weighted by atomic mass is 10.2. The molecule has 0 aliphatic carbocycles. The van der Waals surface area contributed by atoms with E-state index in [4.69, 9.17) is 5.11 Å². The van der Waals surface area contributed by atoms with E-state index in [1.165, 1.54) is 5.57 Å². The van der Waals surface area contributed by atoms with Crippen molar-refractivity contribution in [2.24, 2.45) is 0 Å². The largest absolute Gasteiger partial charge is 0.481 e. The second kappa shape index (κ2) is 7.80. The molecule has 0 amide bonds. The summed E-state index contributed by atoms with van der Waals surface area (Å²) in [6.45, 7) is 5.91. The van der Waals surface area contributed by atoms with Gasteiger partial charge in [0, 0.05) is 13.0 Å². The molecule has 0 fully saturated rings. The lowest BCUT2D eigenvalue weighted by Gasteiger charge is -2.00. The molecule has 0 rings (SSSR count). The van der Waals surface area contributed by atoms with Crippen molar-refractivity contribution >= 4 is 5.97 Å². The lowest BCUT2D eigenvalue weighted by molar-refractivity contribution is -0.137. The summed E-state index contributed by atoms with van der Waals surface area (Å²) in [6.07, 6.45) is 4.10. The number of rotatable bonds is 7. The molecule has 2 N–H and O–H groups in total. The highest BCUT2D eigenvalue weighted by Gasteiger charge is 1.94. The highest BCUT2D eigenvalue weighted by atomic mass is 16.4. The number of unbranched alkanes of at least 4 members (excludes halogenated alkanes) is 1. The Morgan fingerprint density at radius 2 is 2.08 bits per heavy atom. The third-order valence-corrected chi connectivity index (χ3v) is 1.65. The summed E-state index contributed by atoms with van der Waals surface area (Å²) < 4.78 is 0. The molecule has 76 valence electrons. The second-order valence-corrected chi connectivity index (χ2v) is 3.34. The third-order valence-electron chi connectivity index (χ3n) is 1.65. The van der Waals surface area contributed by atoms with Gasteiger partial charge in [0.25, 0.3) is 0 Å². The van der Waals surface area contributed by atoms with Crippen LogP contribution >= 0.6 is 0 Å². The number of carboxylic acid groups (broad SMARTS) is 1. The van der Waals surface area contributed by atoms with Crippen LogP contribution in [0.5, 0.6) is 0 Å². The van der Waals surface area contributed by atoms with Gasteiger partial charge in [-0.05, 0) is 33.2 Å². The summed E-state index contributed by atoms with van der Waals surface area (Å²) in [5, 5.41) is 11.6. The molecule has 13 heavy (non-hydrogen) atoms. The summed E-state index contributed by atoms with van der Waals surface area (Å²) in [5.41, 5.74) is 1.30. The molecule has 0 unspecified atom stereocenters. The van der Waals surface area contributed by atoms with E-state index in [0.29, 0.717) is 0 Å². The molecule has 0 aromatic carbocycles. The van der Waals surface area contributed by atoms with Gasteiger partial charge in [0.1, 0.15) is 0 Å². The van der Waals surface area contributed by atoms with Crippen molar-refractivity contribution in [3.8, 4) is 0 Å². The Hall–Kier alpha value is -0.830. The Labute approximate surface area is 79.8 Å². The molecule has 0 saturated carbocycles. The average molecular weight is 185 g/mol. The van der Waals surface area contributed by atoms with E-state index in [0.717, 1.165) is 25.9 Å². The number of carboxylic acids is 1. The monoisotopic (exact) mass is 185 g/mol. The number of hydrogen-bond donors (Lipinski definition) is 2. The predicted molar refractivity (Wildman–Crippen MR) is 53.8 cm³/mol. The minimum Gasteiger partial charge on any atom is -0.481 e. The van der Waals surface area contributed by atoms with Crippen molar-refractivity contribution in [2.75, 3.05) is 13.1 Å². The quantitative estimate of drug-likeness (QED) is 0.469. The maximum Gasteiger partial charge on any atom is 0.303 e. The maximum absolute atomic E-state index is 10.1. The molecule has 0 aromatic heterocycles. The van der Waals surface area contributed by atoms with Crippen molar-refractivity contribution in [2.45, 2.75) is 33.1 Å². The van der Waals surface area contributed by atoms with Gasteiger partial charge in [0.05, 0.1) is 0 Å². The van der Waals surface area contributed by atoms with E-state index in [-0.39, 0.29) is 6.42 Å². The molecule has 0 saturated heterocycles. The first-order valence-corrected chi connectivity index (χ1v) is 4.69. The van der Waals surface area contributed by atoms with Crippen LogP contribution in [-0.2, 0) is 4.79 Å². The van der Waals surface area contributed by atoms with E-state index >= 15 is 0 Å². The molecule has 0 spiro atoms. The predicted octanol–water partition coefficient (Wildman–Crippen LogP) is 1.80. The van der Waals surface area contributed by atoms with Crippen LogP contribution in [0.2, 0.25) is 0 Å². The number of aliphatic carboxylic acids is 1. The van der Waals surface area contributed by atoms with E-state index in [1.807, 2.05) is 0 Å². The van der Waals surface area contributed by atoms with Crippen molar-refractivity contribution in [1.82, 2.24) is 5.32 Å². The molecule has 0 aromatic rings. The van der Waals surface area contributed by atoms with Crippen LogP contribution in [0.25, 0.3) is 0 Å². The fourth-order valence-corrected chi connectivity index (χ4v) is 0.905. The highest BCUT2D eigenvalue weighted by molar-refractivity contribution is 5.66. The van der Waals surface area contributed by atoms with Gasteiger partial charge in [0.15, 0.2) is 0 Å². The van der Waals surface area contributed by atoms with Crippen LogP contribution in [-0.4, -0.2) is 24.2 Å². The second-order valence-electron chi connectivity index (χ2n) is 3.34. The lowest BCUT2D eigenvalue weighted by Crippen LogP contribution is -2.15. The van der Waals surface area contributed by atoms with Crippen molar-refractivity contribution in [3.63, 3.8) is 0 Å². The molecule has 0 aliphatic rings. The van der Waals surface area contributed by atoms with Crippen LogP contribution in [0.4, 0.5) is 0 Å². The van der Waals surface area contributed by atoms with Crippen molar-refractivity contribution < 1.29 is 9.90 Å².